The predicted octanol–water partition coefficient (Wildman–Crippen LogP) is 0.653. The Hall–Kier alpha value is -1.77. The molecule has 0 spiro atoms. The lowest BCUT2D eigenvalue weighted by Gasteiger charge is -2.27. The molecule has 1 aliphatic heterocycles. The number of hydrogen-bond donors (Lipinski definition) is 2. The molecule has 2 amide bonds. The fraction of sp³-hybridized carbons (Fsp3) is 0.667. The van der Waals surface area contributed by atoms with Gasteiger partial charge in [0.1, 0.15) is 12.4 Å². The van der Waals surface area contributed by atoms with Crippen LogP contribution in [0, 0.1) is 0 Å². The maximum atomic E-state index is 12.3. The molecule has 0 aliphatic carbocycles. The van der Waals surface area contributed by atoms with Crippen LogP contribution < -0.4 is 5.32 Å². The highest BCUT2D eigenvalue weighted by Gasteiger charge is 2.41. The van der Waals surface area contributed by atoms with Gasteiger partial charge in [0.15, 0.2) is 5.82 Å². The smallest absolute Gasteiger partial charge is 0.327 e. The highest BCUT2D eigenvalue weighted by molar-refractivity contribution is 8.00. The lowest BCUT2D eigenvalue weighted by molar-refractivity contribution is -0.141. The number of hydrogen-bond acceptors (Lipinski definition) is 5. The van der Waals surface area contributed by atoms with E-state index in [4.69, 9.17) is 0 Å². The summed E-state index contributed by atoms with van der Waals surface area (Å²) in [5.74, 6) is -0.0428. The van der Waals surface area contributed by atoms with E-state index >= 15 is 0 Å². The minimum Gasteiger partial charge on any atom is -0.480 e. The molecule has 2 heterocycles. The zero-order chi connectivity index (χ0) is 15.4. The summed E-state index contributed by atoms with van der Waals surface area (Å²) in [6, 6.07) is -1.15. The fourth-order valence-corrected chi connectivity index (χ4v) is 3.72. The number of thioether (sulfide) groups is 1. The zero-order valence-electron chi connectivity index (χ0n) is 12.0. The summed E-state index contributed by atoms with van der Waals surface area (Å²) < 4.78 is 1.55. The highest BCUT2D eigenvalue weighted by Crippen LogP contribution is 2.32. The van der Waals surface area contributed by atoms with Gasteiger partial charge in [-0.3, -0.25) is 9.58 Å². The van der Waals surface area contributed by atoms with E-state index in [0.29, 0.717) is 11.6 Å². The Morgan fingerprint density at radius 3 is 2.90 bits per heavy atom. The van der Waals surface area contributed by atoms with Crippen molar-refractivity contribution in [2.45, 2.75) is 37.7 Å². The first-order chi connectivity index (χ1) is 10.0. The molecule has 1 aromatic rings. The normalized spacial score (nSPS) is 21.5. The van der Waals surface area contributed by atoms with Crippen molar-refractivity contribution in [3.63, 3.8) is 0 Å². The van der Waals surface area contributed by atoms with E-state index in [2.05, 4.69) is 15.4 Å². The van der Waals surface area contributed by atoms with Gasteiger partial charge >= 0.3 is 12.0 Å². The van der Waals surface area contributed by atoms with Crippen LogP contribution in [0.1, 0.15) is 25.6 Å². The maximum Gasteiger partial charge on any atom is 0.327 e. The minimum atomic E-state index is -0.966. The topological polar surface area (TPSA) is 100 Å². The average molecular weight is 313 g/mol. The van der Waals surface area contributed by atoms with E-state index in [9.17, 15) is 14.7 Å². The van der Waals surface area contributed by atoms with Gasteiger partial charge in [-0.05, 0) is 6.42 Å². The standard InChI is InChI=1S/C12H19N5O3S/c1-3-4-10-17(8(6-21-10)11(18)19)12(20)13-5-9-14-7-16(2)15-9/h7-8,10H,3-6H2,1-2H3,(H,13,20)(H,18,19). The molecule has 21 heavy (non-hydrogen) atoms. The van der Waals surface area contributed by atoms with E-state index in [1.54, 1.807) is 18.1 Å². The lowest BCUT2D eigenvalue weighted by atomic mass is 10.2. The number of aromatic nitrogens is 3. The summed E-state index contributed by atoms with van der Waals surface area (Å²) in [6.07, 6.45) is 3.23. The van der Waals surface area contributed by atoms with Crippen LogP contribution in [-0.4, -0.2) is 53.9 Å². The van der Waals surface area contributed by atoms with Gasteiger partial charge in [-0.15, -0.1) is 11.8 Å². The Labute approximate surface area is 126 Å². The number of aryl methyl sites for hydroxylation is 1. The number of nitrogens with zero attached hydrogens (tertiary/aromatic N) is 4. The van der Waals surface area contributed by atoms with Crippen molar-refractivity contribution >= 4 is 23.8 Å². The fourth-order valence-electron chi connectivity index (χ4n) is 2.21. The van der Waals surface area contributed by atoms with E-state index in [1.165, 1.54) is 16.7 Å². The molecule has 2 unspecified atom stereocenters. The number of carbonyl (C=O) groups excluding carboxylic acids is 1. The van der Waals surface area contributed by atoms with Crippen LogP contribution in [0.15, 0.2) is 6.33 Å². The maximum absolute atomic E-state index is 12.3. The van der Waals surface area contributed by atoms with Crippen molar-refractivity contribution < 1.29 is 14.7 Å². The van der Waals surface area contributed by atoms with Crippen LogP contribution in [0.3, 0.4) is 0 Å². The number of amides is 2. The number of urea groups is 1. The predicted molar refractivity (Wildman–Crippen MR) is 77.7 cm³/mol. The van der Waals surface area contributed by atoms with Gasteiger partial charge in [0.2, 0.25) is 0 Å². The molecular formula is C12H19N5O3S. The average Bonchev–Trinajstić information content (AvgIpc) is 3.03. The third-order valence-electron chi connectivity index (χ3n) is 3.19. The van der Waals surface area contributed by atoms with Crippen molar-refractivity contribution in [2.24, 2.45) is 7.05 Å². The van der Waals surface area contributed by atoms with Gasteiger partial charge in [0.25, 0.3) is 0 Å². The first-order valence-corrected chi connectivity index (χ1v) is 7.83. The Morgan fingerprint density at radius 2 is 2.33 bits per heavy atom. The quantitative estimate of drug-likeness (QED) is 0.828. The second-order valence-electron chi connectivity index (χ2n) is 4.83. The Kier molecular flexibility index (Phi) is 5.05. The van der Waals surface area contributed by atoms with Crippen LogP contribution in [0.4, 0.5) is 4.79 Å². The molecular weight excluding hydrogens is 294 g/mol. The van der Waals surface area contributed by atoms with Crippen molar-refractivity contribution in [1.82, 2.24) is 25.0 Å². The number of aliphatic carboxylic acids is 1. The first kappa shape index (κ1) is 15.6. The Morgan fingerprint density at radius 1 is 1.57 bits per heavy atom. The number of carbonyl (C=O) groups is 2. The van der Waals surface area contributed by atoms with Gasteiger partial charge in [-0.2, -0.15) is 5.10 Å². The van der Waals surface area contributed by atoms with Crippen molar-refractivity contribution in [3.05, 3.63) is 12.2 Å². The molecule has 0 saturated carbocycles. The molecule has 1 fully saturated rings. The second-order valence-corrected chi connectivity index (χ2v) is 6.04. The van der Waals surface area contributed by atoms with Crippen LogP contribution in [0.2, 0.25) is 0 Å². The van der Waals surface area contributed by atoms with Gasteiger partial charge in [-0.25, -0.2) is 14.6 Å². The van der Waals surface area contributed by atoms with Gasteiger partial charge in [-0.1, -0.05) is 13.3 Å². The summed E-state index contributed by atoms with van der Waals surface area (Å²) in [7, 11) is 1.74. The lowest BCUT2D eigenvalue weighted by Crippen LogP contribution is -2.50. The van der Waals surface area contributed by atoms with Gasteiger partial charge < -0.3 is 10.4 Å². The van der Waals surface area contributed by atoms with E-state index in [0.717, 1.165) is 12.8 Å². The van der Waals surface area contributed by atoms with Crippen LogP contribution >= 0.6 is 11.8 Å². The summed E-state index contributed by atoms with van der Waals surface area (Å²) in [5.41, 5.74) is 0. The molecule has 1 aliphatic rings. The Balaban J connectivity index is 2.00. The first-order valence-electron chi connectivity index (χ1n) is 6.78. The molecule has 1 aromatic heterocycles. The number of nitrogens with one attached hydrogen (secondary N) is 1. The second kappa shape index (κ2) is 6.79. The molecule has 0 aromatic carbocycles. The largest absolute Gasteiger partial charge is 0.480 e. The third-order valence-corrected chi connectivity index (χ3v) is 4.55. The van der Waals surface area contributed by atoms with Gasteiger partial charge in [0.05, 0.1) is 11.9 Å². The molecule has 116 valence electrons. The summed E-state index contributed by atoms with van der Waals surface area (Å²) in [6.45, 7) is 2.20. The molecule has 2 atom stereocenters. The van der Waals surface area contributed by atoms with E-state index in [-0.39, 0.29) is 17.9 Å². The summed E-state index contributed by atoms with van der Waals surface area (Å²) in [4.78, 5) is 29.0. The third kappa shape index (κ3) is 3.66. The molecule has 0 bridgehead atoms. The van der Waals surface area contributed by atoms with Crippen LogP contribution in [-0.2, 0) is 18.4 Å². The van der Waals surface area contributed by atoms with E-state index in [1.807, 2.05) is 6.92 Å². The van der Waals surface area contributed by atoms with E-state index < -0.39 is 12.0 Å². The van der Waals surface area contributed by atoms with Gasteiger partial charge in [0, 0.05) is 12.8 Å². The number of carboxylic acids is 1. The van der Waals surface area contributed by atoms with Crippen molar-refractivity contribution in [3.8, 4) is 0 Å². The summed E-state index contributed by atoms with van der Waals surface area (Å²) >= 11 is 1.51. The zero-order valence-corrected chi connectivity index (χ0v) is 12.8. The summed E-state index contributed by atoms with van der Waals surface area (Å²) in [5, 5.41) is 15.9. The molecule has 2 rings (SSSR count). The van der Waals surface area contributed by atoms with Crippen molar-refractivity contribution in [2.75, 3.05) is 5.75 Å². The molecule has 9 heteroatoms. The molecule has 8 nitrogen and oxygen atoms in total. The monoisotopic (exact) mass is 313 g/mol. The number of carboxylic acid groups (broad SMARTS) is 1. The Bertz CT molecular complexity index is 521. The minimum absolute atomic E-state index is 0.0900. The molecule has 1 saturated heterocycles. The molecule has 0 radical (unpaired) electrons. The number of rotatable bonds is 5. The molecule has 2 N–H and O–H groups in total. The van der Waals surface area contributed by atoms with Crippen molar-refractivity contribution in [1.29, 1.82) is 0 Å². The van der Waals surface area contributed by atoms with Crippen LogP contribution in [0.25, 0.3) is 0 Å². The SMILES string of the molecule is CCCC1SCC(C(=O)O)N1C(=O)NCc1ncn(C)n1. The van der Waals surface area contributed by atoms with Crippen LogP contribution in [0.5, 0.6) is 0 Å². The highest BCUT2D eigenvalue weighted by atomic mass is 32.2.